The highest BCUT2D eigenvalue weighted by Crippen LogP contribution is 2.33. The molecule has 0 spiro atoms. The molecule has 0 aliphatic carbocycles. The van der Waals surface area contributed by atoms with Gasteiger partial charge in [0.2, 0.25) is 5.91 Å². The number of aromatic nitrogens is 2. The van der Waals surface area contributed by atoms with Gasteiger partial charge in [0.1, 0.15) is 0 Å². The van der Waals surface area contributed by atoms with E-state index in [-0.39, 0.29) is 18.0 Å². The molecule has 0 radical (unpaired) electrons. The number of hydrogen-bond donors (Lipinski definition) is 1. The predicted molar refractivity (Wildman–Crippen MR) is 52.7 cm³/mol. The summed E-state index contributed by atoms with van der Waals surface area (Å²) in [5.41, 5.74) is 6.78. The lowest BCUT2D eigenvalue weighted by atomic mass is 10.1. The van der Waals surface area contributed by atoms with Gasteiger partial charge >= 0.3 is 0 Å². The average molecular weight is 212 g/mol. The Morgan fingerprint density at radius 2 is 2.36 bits per heavy atom. The van der Waals surface area contributed by atoms with E-state index >= 15 is 0 Å². The minimum Gasteiger partial charge on any atom is -0.336 e. The van der Waals surface area contributed by atoms with Crippen LogP contribution in [0.4, 0.5) is 0 Å². The Morgan fingerprint density at radius 1 is 1.64 bits per heavy atom. The second-order valence-corrected chi connectivity index (χ2v) is 4.33. The van der Waals surface area contributed by atoms with Crippen LogP contribution < -0.4 is 5.73 Å². The van der Waals surface area contributed by atoms with Crippen molar-refractivity contribution < 1.29 is 4.79 Å². The van der Waals surface area contributed by atoms with Crippen molar-refractivity contribution in [3.05, 3.63) is 10.6 Å². The van der Waals surface area contributed by atoms with Gasteiger partial charge in [0, 0.05) is 19.5 Å². The van der Waals surface area contributed by atoms with Gasteiger partial charge in [-0.15, -0.1) is 5.10 Å². The van der Waals surface area contributed by atoms with Gasteiger partial charge in [0.05, 0.1) is 16.6 Å². The molecule has 5 nitrogen and oxygen atoms in total. The number of aryl methyl sites for hydroxylation is 1. The molecule has 2 heterocycles. The van der Waals surface area contributed by atoms with Crippen molar-refractivity contribution in [2.24, 2.45) is 5.73 Å². The minimum absolute atomic E-state index is 0.0394. The number of nitrogens with two attached hydrogens (primary N) is 1. The van der Waals surface area contributed by atoms with Crippen LogP contribution >= 0.6 is 11.5 Å². The summed E-state index contributed by atoms with van der Waals surface area (Å²) in [6.45, 7) is 1.89. The average Bonchev–Trinajstić information content (AvgIpc) is 2.60. The van der Waals surface area contributed by atoms with Gasteiger partial charge in [-0.3, -0.25) is 4.79 Å². The third-order valence-corrected chi connectivity index (χ3v) is 3.48. The fraction of sp³-hybridized carbons (Fsp3) is 0.625. The van der Waals surface area contributed by atoms with E-state index in [0.29, 0.717) is 6.42 Å². The molecule has 1 amide bonds. The molecule has 1 aromatic rings. The minimum atomic E-state index is -0.131. The molecule has 0 aromatic carbocycles. The SMILES string of the molecule is Cc1nnsc1C1C(N)CC(=O)N1C. The lowest BCUT2D eigenvalue weighted by Gasteiger charge is -2.21. The van der Waals surface area contributed by atoms with Crippen molar-refractivity contribution in [3.63, 3.8) is 0 Å². The van der Waals surface area contributed by atoms with Gasteiger partial charge < -0.3 is 10.6 Å². The molecule has 1 aromatic heterocycles. The van der Waals surface area contributed by atoms with Crippen molar-refractivity contribution in [3.8, 4) is 0 Å². The summed E-state index contributed by atoms with van der Waals surface area (Å²) >= 11 is 1.32. The topological polar surface area (TPSA) is 72.1 Å². The molecule has 1 aliphatic heterocycles. The smallest absolute Gasteiger partial charge is 0.224 e. The van der Waals surface area contributed by atoms with Crippen LogP contribution in [0.15, 0.2) is 0 Å². The van der Waals surface area contributed by atoms with E-state index in [2.05, 4.69) is 9.59 Å². The Balaban J connectivity index is 2.35. The maximum atomic E-state index is 11.4. The van der Waals surface area contributed by atoms with Crippen molar-refractivity contribution in [1.82, 2.24) is 14.5 Å². The Morgan fingerprint density at radius 3 is 2.79 bits per heavy atom. The van der Waals surface area contributed by atoms with Gasteiger partial charge in [0.25, 0.3) is 0 Å². The Hall–Kier alpha value is -1.01. The zero-order valence-corrected chi connectivity index (χ0v) is 8.91. The first kappa shape index (κ1) is 9.54. The summed E-state index contributed by atoms with van der Waals surface area (Å²) in [6.07, 6.45) is 0.415. The molecule has 76 valence electrons. The van der Waals surface area contributed by atoms with Crippen LogP contribution in [0.1, 0.15) is 23.0 Å². The van der Waals surface area contributed by atoms with E-state index < -0.39 is 0 Å². The first-order valence-electron chi connectivity index (χ1n) is 4.41. The Kier molecular flexibility index (Phi) is 2.24. The van der Waals surface area contributed by atoms with E-state index in [1.807, 2.05) is 6.92 Å². The number of carbonyl (C=O) groups excluding carboxylic acids is 1. The van der Waals surface area contributed by atoms with E-state index in [1.54, 1.807) is 11.9 Å². The van der Waals surface area contributed by atoms with Crippen molar-refractivity contribution in [1.29, 1.82) is 0 Å². The van der Waals surface area contributed by atoms with Gasteiger partial charge in [-0.1, -0.05) is 4.49 Å². The fourth-order valence-corrected chi connectivity index (χ4v) is 2.64. The number of carbonyl (C=O) groups is 1. The highest BCUT2D eigenvalue weighted by atomic mass is 32.1. The number of amides is 1. The molecule has 0 saturated carbocycles. The molecule has 2 N–H and O–H groups in total. The molecular formula is C8H12N4OS. The maximum absolute atomic E-state index is 11.4. The highest BCUT2D eigenvalue weighted by molar-refractivity contribution is 7.05. The monoisotopic (exact) mass is 212 g/mol. The number of likely N-dealkylation sites (tertiary alicyclic amines) is 1. The maximum Gasteiger partial charge on any atom is 0.224 e. The Labute approximate surface area is 86.1 Å². The molecular weight excluding hydrogens is 200 g/mol. The lowest BCUT2D eigenvalue weighted by Crippen LogP contribution is -2.30. The molecule has 2 atom stereocenters. The standard InChI is InChI=1S/C8H12N4OS/c1-4-8(14-11-10-4)7-5(9)3-6(13)12(7)2/h5,7H,3,9H2,1-2H3. The van der Waals surface area contributed by atoms with Crippen LogP contribution in [0, 0.1) is 6.92 Å². The first-order chi connectivity index (χ1) is 6.61. The highest BCUT2D eigenvalue weighted by Gasteiger charge is 2.38. The molecule has 0 bridgehead atoms. The third-order valence-electron chi connectivity index (χ3n) is 2.58. The van der Waals surface area contributed by atoms with E-state index in [9.17, 15) is 4.79 Å². The zero-order chi connectivity index (χ0) is 10.3. The van der Waals surface area contributed by atoms with Crippen LogP contribution in [-0.4, -0.2) is 33.5 Å². The Bertz CT molecular complexity index is 364. The second kappa shape index (κ2) is 3.29. The number of likely N-dealkylation sites (N-methyl/N-ethyl adjacent to an activating group) is 1. The summed E-state index contributed by atoms with van der Waals surface area (Å²) in [5.74, 6) is 0.0929. The van der Waals surface area contributed by atoms with E-state index in [4.69, 9.17) is 5.73 Å². The normalized spacial score (nSPS) is 27.4. The van der Waals surface area contributed by atoms with Gasteiger partial charge in [-0.25, -0.2) is 0 Å². The molecule has 2 rings (SSSR count). The summed E-state index contributed by atoms with van der Waals surface area (Å²) in [4.78, 5) is 14.1. The number of nitrogens with zero attached hydrogens (tertiary/aromatic N) is 3. The molecule has 2 unspecified atom stereocenters. The molecule has 1 aliphatic rings. The van der Waals surface area contributed by atoms with Gasteiger partial charge in [-0.2, -0.15) is 0 Å². The number of hydrogen-bond acceptors (Lipinski definition) is 5. The zero-order valence-electron chi connectivity index (χ0n) is 8.10. The first-order valence-corrected chi connectivity index (χ1v) is 5.18. The molecule has 6 heteroatoms. The summed E-state index contributed by atoms with van der Waals surface area (Å²) in [5, 5.41) is 3.93. The van der Waals surface area contributed by atoms with Gasteiger partial charge in [0.15, 0.2) is 0 Å². The molecule has 14 heavy (non-hydrogen) atoms. The van der Waals surface area contributed by atoms with Gasteiger partial charge in [-0.05, 0) is 18.5 Å². The van der Waals surface area contributed by atoms with Crippen LogP contribution in [0.5, 0.6) is 0 Å². The van der Waals surface area contributed by atoms with E-state index in [0.717, 1.165) is 10.6 Å². The molecule has 1 saturated heterocycles. The summed E-state index contributed by atoms with van der Waals surface area (Å²) < 4.78 is 3.86. The number of rotatable bonds is 1. The van der Waals surface area contributed by atoms with Crippen LogP contribution in [-0.2, 0) is 4.79 Å². The lowest BCUT2D eigenvalue weighted by molar-refractivity contribution is -0.127. The fourth-order valence-electron chi connectivity index (χ4n) is 1.78. The largest absolute Gasteiger partial charge is 0.336 e. The summed E-state index contributed by atoms with van der Waals surface area (Å²) in [7, 11) is 1.78. The van der Waals surface area contributed by atoms with Crippen molar-refractivity contribution in [2.75, 3.05) is 7.05 Å². The molecule has 1 fully saturated rings. The van der Waals surface area contributed by atoms with Crippen LogP contribution in [0.2, 0.25) is 0 Å². The van der Waals surface area contributed by atoms with E-state index in [1.165, 1.54) is 11.5 Å². The second-order valence-electron chi connectivity index (χ2n) is 3.54. The van der Waals surface area contributed by atoms with Crippen LogP contribution in [0.25, 0.3) is 0 Å². The summed E-state index contributed by atoms with van der Waals surface area (Å²) in [6, 6.07) is -0.170. The van der Waals surface area contributed by atoms with Crippen molar-refractivity contribution in [2.45, 2.75) is 25.4 Å². The van der Waals surface area contributed by atoms with Crippen molar-refractivity contribution >= 4 is 17.4 Å². The quantitative estimate of drug-likeness (QED) is 0.715. The third kappa shape index (κ3) is 1.31. The van der Waals surface area contributed by atoms with Crippen LogP contribution in [0.3, 0.4) is 0 Å². The predicted octanol–water partition coefficient (Wildman–Crippen LogP) is 0.0770.